The first-order valence-corrected chi connectivity index (χ1v) is 8.62. The summed E-state index contributed by atoms with van der Waals surface area (Å²) < 4.78 is 11.5. The Labute approximate surface area is 169 Å². The van der Waals surface area contributed by atoms with Crippen LogP contribution in [0.25, 0.3) is 11.3 Å². The summed E-state index contributed by atoms with van der Waals surface area (Å²) in [4.78, 5) is 7.74. The van der Waals surface area contributed by atoms with Crippen molar-refractivity contribution < 1.29 is 9.47 Å². The average Bonchev–Trinajstić information content (AvgIpc) is 3.19. The van der Waals surface area contributed by atoms with Gasteiger partial charge in [0.2, 0.25) is 0 Å². The molecule has 1 heterocycles. The van der Waals surface area contributed by atoms with Gasteiger partial charge in [0.1, 0.15) is 29.7 Å². The smallest absolute Gasteiger partial charge is 0.146 e. The van der Waals surface area contributed by atoms with Crippen molar-refractivity contribution in [2.45, 2.75) is 6.61 Å². The van der Waals surface area contributed by atoms with E-state index in [1.165, 1.54) is 0 Å². The van der Waals surface area contributed by atoms with Gasteiger partial charge in [0.25, 0.3) is 0 Å². The maximum atomic E-state index is 5.81. The first-order valence-electron chi connectivity index (χ1n) is 8.62. The second kappa shape index (κ2) is 8.97. The van der Waals surface area contributed by atoms with Gasteiger partial charge in [0.05, 0.1) is 5.69 Å². The number of aromatic amines is 1. The van der Waals surface area contributed by atoms with Gasteiger partial charge in [-0.25, -0.2) is 4.98 Å². The van der Waals surface area contributed by atoms with Crippen LogP contribution in [0.4, 0.5) is 5.69 Å². The number of nitrogens with two attached hydrogens (primary N) is 1. The fraction of sp³-hybridized carbons (Fsp3) is 0.0455. The van der Waals surface area contributed by atoms with E-state index >= 15 is 0 Å². The third kappa shape index (κ3) is 4.84. The van der Waals surface area contributed by atoms with Crippen molar-refractivity contribution in [2.75, 3.05) is 5.73 Å². The van der Waals surface area contributed by atoms with E-state index in [2.05, 4.69) is 9.97 Å². The predicted molar refractivity (Wildman–Crippen MR) is 113 cm³/mol. The van der Waals surface area contributed by atoms with Crippen LogP contribution >= 0.6 is 12.4 Å². The molecule has 0 saturated carbocycles. The standard InChI is InChI=1S/C22H19N3O2.ClH/c23-17-8-12-20(13-9-17)27-19-10-6-16(7-11-19)21-14-24-22(25-21)15-26-18-4-2-1-3-5-18;/h1-14H,15,23H2,(H,24,25);1H. The second-order valence-electron chi connectivity index (χ2n) is 6.03. The molecule has 0 aliphatic carbocycles. The highest BCUT2D eigenvalue weighted by atomic mass is 35.5. The Morgan fingerprint density at radius 2 is 1.43 bits per heavy atom. The average molecular weight is 394 g/mol. The molecule has 0 aliphatic rings. The fourth-order valence-electron chi connectivity index (χ4n) is 2.62. The first-order chi connectivity index (χ1) is 13.3. The zero-order chi connectivity index (χ0) is 18.5. The molecule has 0 radical (unpaired) electrons. The topological polar surface area (TPSA) is 73.2 Å². The van der Waals surface area contributed by atoms with Crippen molar-refractivity contribution in [1.29, 1.82) is 0 Å². The number of H-pyrrole nitrogens is 1. The predicted octanol–water partition coefficient (Wildman–Crippen LogP) is 5.45. The van der Waals surface area contributed by atoms with Crippen LogP contribution in [0, 0.1) is 0 Å². The minimum Gasteiger partial charge on any atom is -0.486 e. The molecule has 0 fully saturated rings. The molecule has 6 heteroatoms. The number of hydrogen-bond acceptors (Lipinski definition) is 4. The Morgan fingerprint density at radius 3 is 2.11 bits per heavy atom. The summed E-state index contributed by atoms with van der Waals surface area (Å²) in [6, 6.07) is 24.8. The minimum atomic E-state index is 0. The molecule has 1 aromatic heterocycles. The van der Waals surface area contributed by atoms with Gasteiger partial charge in [0.15, 0.2) is 0 Å². The molecule has 3 aromatic carbocycles. The molecule has 0 atom stereocenters. The number of nitrogens with zero attached hydrogens (tertiary/aromatic N) is 1. The number of halogens is 1. The van der Waals surface area contributed by atoms with Crippen LogP contribution < -0.4 is 15.2 Å². The number of anilines is 1. The summed E-state index contributed by atoms with van der Waals surface area (Å²) >= 11 is 0. The maximum Gasteiger partial charge on any atom is 0.146 e. The third-order valence-electron chi connectivity index (χ3n) is 4.02. The number of benzene rings is 3. The number of imidazole rings is 1. The number of nitrogen functional groups attached to an aromatic ring is 1. The van der Waals surface area contributed by atoms with E-state index in [4.69, 9.17) is 15.2 Å². The quantitative estimate of drug-likeness (QED) is 0.427. The van der Waals surface area contributed by atoms with Crippen molar-refractivity contribution in [3.05, 3.63) is 90.9 Å². The Kier molecular flexibility index (Phi) is 6.19. The lowest BCUT2D eigenvalue weighted by molar-refractivity contribution is 0.297. The molecule has 3 N–H and O–H groups in total. The van der Waals surface area contributed by atoms with Gasteiger partial charge < -0.3 is 20.2 Å². The largest absolute Gasteiger partial charge is 0.486 e. The number of hydrogen-bond donors (Lipinski definition) is 2. The summed E-state index contributed by atoms with van der Waals surface area (Å²) in [7, 11) is 0. The molecular formula is C22H20ClN3O2. The molecule has 0 bridgehead atoms. The minimum absolute atomic E-state index is 0. The van der Waals surface area contributed by atoms with Crippen molar-refractivity contribution in [3.8, 4) is 28.5 Å². The Hall–Kier alpha value is -3.44. The number of para-hydroxylation sites is 1. The molecule has 0 spiro atoms. The van der Waals surface area contributed by atoms with E-state index in [0.29, 0.717) is 12.3 Å². The van der Waals surface area contributed by atoms with Crippen LogP contribution in [0.5, 0.6) is 17.2 Å². The van der Waals surface area contributed by atoms with Crippen molar-refractivity contribution in [1.82, 2.24) is 9.97 Å². The van der Waals surface area contributed by atoms with Gasteiger partial charge in [-0.15, -0.1) is 12.4 Å². The highest BCUT2D eigenvalue weighted by Crippen LogP contribution is 2.25. The zero-order valence-electron chi connectivity index (χ0n) is 15.0. The number of nitrogens with one attached hydrogen (secondary N) is 1. The Morgan fingerprint density at radius 1 is 0.786 bits per heavy atom. The Bertz CT molecular complexity index is 1000. The summed E-state index contributed by atoms with van der Waals surface area (Å²) in [6.07, 6.45) is 1.87. The highest BCUT2D eigenvalue weighted by Gasteiger charge is 2.06. The lowest BCUT2D eigenvalue weighted by Gasteiger charge is -2.06. The van der Waals surface area contributed by atoms with Crippen LogP contribution in [0.1, 0.15) is 5.82 Å². The van der Waals surface area contributed by atoms with Crippen LogP contribution in [0.3, 0.4) is 0 Å². The van der Waals surface area contributed by atoms with Gasteiger partial charge in [-0.05, 0) is 60.7 Å². The second-order valence-corrected chi connectivity index (χ2v) is 6.03. The van der Waals surface area contributed by atoms with E-state index < -0.39 is 0 Å². The SMILES string of the molecule is Cl.Nc1ccc(Oc2ccc(-c3c[nH]c(COc4ccccc4)n3)cc2)cc1. The Balaban J connectivity index is 0.00000225. The summed E-state index contributed by atoms with van der Waals surface area (Å²) in [5.74, 6) is 3.10. The normalized spacial score (nSPS) is 10.1. The highest BCUT2D eigenvalue weighted by molar-refractivity contribution is 5.85. The van der Waals surface area contributed by atoms with Crippen molar-refractivity contribution >= 4 is 18.1 Å². The van der Waals surface area contributed by atoms with E-state index in [1.54, 1.807) is 0 Å². The van der Waals surface area contributed by atoms with Crippen molar-refractivity contribution in [3.63, 3.8) is 0 Å². The number of aromatic nitrogens is 2. The molecule has 0 amide bonds. The monoisotopic (exact) mass is 393 g/mol. The molecule has 28 heavy (non-hydrogen) atoms. The molecule has 5 nitrogen and oxygen atoms in total. The lowest BCUT2D eigenvalue weighted by atomic mass is 10.1. The lowest BCUT2D eigenvalue weighted by Crippen LogP contribution is -1.97. The van der Waals surface area contributed by atoms with E-state index in [1.807, 2.05) is 85.1 Å². The number of ether oxygens (including phenoxy) is 2. The third-order valence-corrected chi connectivity index (χ3v) is 4.02. The fourth-order valence-corrected chi connectivity index (χ4v) is 2.62. The molecule has 0 saturated heterocycles. The summed E-state index contributed by atoms with van der Waals surface area (Å²) in [5, 5.41) is 0. The van der Waals surface area contributed by atoms with Crippen molar-refractivity contribution in [2.24, 2.45) is 0 Å². The molecule has 142 valence electrons. The number of rotatable bonds is 6. The van der Waals surface area contributed by atoms with Crippen LogP contribution in [-0.2, 0) is 6.61 Å². The molecular weight excluding hydrogens is 374 g/mol. The molecule has 4 aromatic rings. The summed E-state index contributed by atoms with van der Waals surface area (Å²) in [6.45, 7) is 0.391. The zero-order valence-corrected chi connectivity index (χ0v) is 15.9. The van der Waals surface area contributed by atoms with E-state index in [-0.39, 0.29) is 12.4 Å². The van der Waals surface area contributed by atoms with Gasteiger partial charge in [-0.3, -0.25) is 0 Å². The molecule has 4 rings (SSSR count). The van der Waals surface area contributed by atoms with Gasteiger partial charge in [-0.1, -0.05) is 18.2 Å². The molecule has 0 unspecified atom stereocenters. The van der Waals surface area contributed by atoms with Crippen LogP contribution in [0.15, 0.2) is 85.1 Å². The maximum absolute atomic E-state index is 5.81. The van der Waals surface area contributed by atoms with E-state index in [0.717, 1.165) is 34.3 Å². The van der Waals surface area contributed by atoms with Crippen LogP contribution in [0.2, 0.25) is 0 Å². The first kappa shape index (κ1) is 19.3. The van der Waals surface area contributed by atoms with Crippen LogP contribution in [-0.4, -0.2) is 9.97 Å². The van der Waals surface area contributed by atoms with Gasteiger partial charge in [-0.2, -0.15) is 0 Å². The van der Waals surface area contributed by atoms with Gasteiger partial charge >= 0.3 is 0 Å². The molecule has 0 aliphatic heterocycles. The summed E-state index contributed by atoms with van der Waals surface area (Å²) in [5.41, 5.74) is 8.26. The van der Waals surface area contributed by atoms with Gasteiger partial charge in [0, 0.05) is 17.4 Å². The van der Waals surface area contributed by atoms with E-state index in [9.17, 15) is 0 Å².